The van der Waals surface area contributed by atoms with Gasteiger partial charge in [0, 0.05) is 0 Å². The fourth-order valence-electron chi connectivity index (χ4n) is 1.29. The van der Waals surface area contributed by atoms with E-state index < -0.39 is 0 Å². The van der Waals surface area contributed by atoms with Gasteiger partial charge in [-0.05, 0) is 24.4 Å². The smallest absolute Gasteiger partial charge is 0.134 e. The maximum Gasteiger partial charge on any atom is 0.134 e. The lowest BCUT2D eigenvalue weighted by Crippen LogP contribution is -2.19. The maximum atomic E-state index is 5.27. The van der Waals surface area contributed by atoms with Crippen LogP contribution >= 0.6 is 11.3 Å². The first-order valence-corrected chi connectivity index (χ1v) is 5.68. The predicted octanol–water partition coefficient (Wildman–Crippen LogP) is 2.98. The van der Waals surface area contributed by atoms with E-state index in [0.717, 1.165) is 18.7 Å². The molecule has 1 atom stereocenters. The van der Waals surface area contributed by atoms with E-state index in [1.807, 2.05) is 17.5 Å². The maximum absolute atomic E-state index is 5.27. The highest BCUT2D eigenvalue weighted by molar-refractivity contribution is 7.10. The van der Waals surface area contributed by atoms with Crippen LogP contribution in [0.4, 0.5) is 0 Å². The molecule has 0 aliphatic heterocycles. The summed E-state index contributed by atoms with van der Waals surface area (Å²) in [5.74, 6) is 0.948. The van der Waals surface area contributed by atoms with Crippen molar-refractivity contribution in [3.05, 3.63) is 29.0 Å². The molecule has 0 saturated carbocycles. The van der Waals surface area contributed by atoms with Crippen molar-refractivity contribution in [1.82, 2.24) is 5.32 Å². The van der Waals surface area contributed by atoms with Crippen LogP contribution in [0.25, 0.3) is 0 Å². The van der Waals surface area contributed by atoms with Crippen LogP contribution in [0.15, 0.2) is 24.1 Å². The Morgan fingerprint density at radius 1 is 1.71 bits per heavy atom. The van der Waals surface area contributed by atoms with Gasteiger partial charge < -0.3 is 10.1 Å². The standard InChI is InChI=1S/C11H17NOS/c1-4-7-12-9(5-2)11-10(13-3)6-8-14-11/h5-6,8-9,12H,2,4,7H2,1,3H3. The molecule has 1 unspecified atom stereocenters. The highest BCUT2D eigenvalue weighted by atomic mass is 32.1. The molecule has 78 valence electrons. The minimum Gasteiger partial charge on any atom is -0.496 e. The fourth-order valence-corrected chi connectivity index (χ4v) is 2.22. The second-order valence-corrected chi connectivity index (χ2v) is 3.97. The number of hydrogen-bond acceptors (Lipinski definition) is 3. The number of rotatable bonds is 6. The van der Waals surface area contributed by atoms with Gasteiger partial charge in [-0.2, -0.15) is 0 Å². The van der Waals surface area contributed by atoms with Crippen molar-refractivity contribution in [3.8, 4) is 5.75 Å². The SMILES string of the molecule is C=CC(NCCC)c1sccc1OC. The van der Waals surface area contributed by atoms with Crippen LogP contribution in [0.3, 0.4) is 0 Å². The van der Waals surface area contributed by atoms with Gasteiger partial charge in [-0.15, -0.1) is 17.9 Å². The number of thiophene rings is 1. The van der Waals surface area contributed by atoms with Gasteiger partial charge in [0.25, 0.3) is 0 Å². The van der Waals surface area contributed by atoms with Gasteiger partial charge >= 0.3 is 0 Å². The van der Waals surface area contributed by atoms with Gasteiger partial charge in [0.1, 0.15) is 5.75 Å². The van der Waals surface area contributed by atoms with Crippen molar-refractivity contribution in [1.29, 1.82) is 0 Å². The molecule has 1 rings (SSSR count). The predicted molar refractivity (Wildman–Crippen MR) is 62.1 cm³/mol. The third-order valence-corrected chi connectivity index (χ3v) is 2.99. The molecule has 1 aromatic heterocycles. The van der Waals surface area contributed by atoms with Crippen LogP contribution < -0.4 is 10.1 Å². The molecule has 3 heteroatoms. The lowest BCUT2D eigenvalue weighted by Gasteiger charge is -2.13. The van der Waals surface area contributed by atoms with Gasteiger partial charge in [-0.25, -0.2) is 0 Å². The average molecular weight is 211 g/mol. The van der Waals surface area contributed by atoms with Gasteiger partial charge in [-0.1, -0.05) is 13.0 Å². The Bertz CT molecular complexity index is 283. The molecular formula is C11H17NOS. The molecule has 14 heavy (non-hydrogen) atoms. The highest BCUT2D eigenvalue weighted by Crippen LogP contribution is 2.31. The zero-order valence-corrected chi connectivity index (χ0v) is 9.56. The van der Waals surface area contributed by atoms with Crippen molar-refractivity contribution in [2.24, 2.45) is 0 Å². The second-order valence-electron chi connectivity index (χ2n) is 3.02. The van der Waals surface area contributed by atoms with Gasteiger partial charge in [0.05, 0.1) is 18.0 Å². The highest BCUT2D eigenvalue weighted by Gasteiger charge is 2.13. The lowest BCUT2D eigenvalue weighted by atomic mass is 10.2. The third kappa shape index (κ3) is 2.59. The third-order valence-electron chi connectivity index (χ3n) is 2.01. The summed E-state index contributed by atoms with van der Waals surface area (Å²) in [6.45, 7) is 6.98. The molecule has 0 saturated heterocycles. The molecule has 0 aliphatic carbocycles. The van der Waals surface area contributed by atoms with Gasteiger partial charge in [-0.3, -0.25) is 0 Å². The van der Waals surface area contributed by atoms with Gasteiger partial charge in [0.15, 0.2) is 0 Å². The van der Waals surface area contributed by atoms with E-state index in [-0.39, 0.29) is 6.04 Å². The van der Waals surface area contributed by atoms with Crippen LogP contribution in [-0.4, -0.2) is 13.7 Å². The van der Waals surface area contributed by atoms with Gasteiger partial charge in [0.2, 0.25) is 0 Å². The zero-order chi connectivity index (χ0) is 10.4. The monoisotopic (exact) mass is 211 g/mol. The quantitative estimate of drug-likeness (QED) is 0.730. The Hall–Kier alpha value is -0.800. The number of ether oxygens (including phenoxy) is 1. The first-order chi connectivity index (χ1) is 6.83. The van der Waals surface area contributed by atoms with Crippen LogP contribution in [-0.2, 0) is 0 Å². The van der Waals surface area contributed by atoms with E-state index in [9.17, 15) is 0 Å². The van der Waals surface area contributed by atoms with Crippen molar-refractivity contribution in [2.45, 2.75) is 19.4 Å². The van der Waals surface area contributed by atoms with Crippen molar-refractivity contribution < 1.29 is 4.74 Å². The first kappa shape index (κ1) is 11.3. The Kier molecular flexibility index (Phi) is 4.70. The summed E-state index contributed by atoms with van der Waals surface area (Å²) >= 11 is 1.70. The minimum absolute atomic E-state index is 0.213. The van der Waals surface area contributed by atoms with Crippen LogP contribution in [0.2, 0.25) is 0 Å². The molecular weight excluding hydrogens is 194 g/mol. The second kappa shape index (κ2) is 5.83. The largest absolute Gasteiger partial charge is 0.496 e. The average Bonchev–Trinajstić information content (AvgIpc) is 2.67. The summed E-state index contributed by atoms with van der Waals surface area (Å²) in [7, 11) is 1.70. The Balaban J connectivity index is 2.72. The normalized spacial score (nSPS) is 12.4. The Morgan fingerprint density at radius 2 is 2.50 bits per heavy atom. The van der Waals surface area contributed by atoms with Crippen LogP contribution in [0.1, 0.15) is 24.3 Å². The summed E-state index contributed by atoms with van der Waals surface area (Å²) in [5.41, 5.74) is 0. The van der Waals surface area contributed by atoms with E-state index in [0.29, 0.717) is 0 Å². The zero-order valence-electron chi connectivity index (χ0n) is 8.75. The van der Waals surface area contributed by atoms with Crippen LogP contribution in [0, 0.1) is 0 Å². The van der Waals surface area contributed by atoms with Crippen LogP contribution in [0.5, 0.6) is 5.75 Å². The summed E-state index contributed by atoms with van der Waals surface area (Å²) in [6, 6.07) is 2.20. The number of nitrogens with one attached hydrogen (secondary N) is 1. The van der Waals surface area contributed by atoms with E-state index in [1.54, 1.807) is 18.4 Å². The number of hydrogen-bond donors (Lipinski definition) is 1. The lowest BCUT2D eigenvalue weighted by molar-refractivity contribution is 0.408. The molecule has 0 fully saturated rings. The van der Waals surface area contributed by atoms with Crippen molar-refractivity contribution >= 4 is 11.3 Å². The van der Waals surface area contributed by atoms with E-state index >= 15 is 0 Å². The van der Waals surface area contributed by atoms with E-state index in [4.69, 9.17) is 4.74 Å². The van der Waals surface area contributed by atoms with E-state index in [1.165, 1.54) is 4.88 Å². The molecule has 0 aromatic carbocycles. The Morgan fingerprint density at radius 3 is 3.07 bits per heavy atom. The topological polar surface area (TPSA) is 21.3 Å². The molecule has 2 nitrogen and oxygen atoms in total. The summed E-state index contributed by atoms with van der Waals surface area (Å²) in [4.78, 5) is 1.20. The molecule has 0 spiro atoms. The Labute approximate surface area is 89.6 Å². The molecule has 1 heterocycles. The molecule has 1 aromatic rings. The fraction of sp³-hybridized carbons (Fsp3) is 0.455. The van der Waals surface area contributed by atoms with Crippen molar-refractivity contribution in [3.63, 3.8) is 0 Å². The summed E-state index contributed by atoms with van der Waals surface area (Å²) in [5, 5.41) is 5.45. The summed E-state index contributed by atoms with van der Waals surface area (Å²) < 4.78 is 5.27. The summed E-state index contributed by atoms with van der Waals surface area (Å²) in [6.07, 6.45) is 3.04. The molecule has 0 radical (unpaired) electrons. The van der Waals surface area contributed by atoms with E-state index in [2.05, 4.69) is 18.8 Å². The minimum atomic E-state index is 0.213. The molecule has 0 aliphatic rings. The molecule has 0 amide bonds. The van der Waals surface area contributed by atoms with Crippen molar-refractivity contribution in [2.75, 3.05) is 13.7 Å². The first-order valence-electron chi connectivity index (χ1n) is 4.80. The molecule has 0 bridgehead atoms. The molecule has 1 N–H and O–H groups in total. The number of methoxy groups -OCH3 is 1.